The largest absolute Gasteiger partial charge is 0.387 e. The number of aliphatic hydroxyl groups is 1. The molecule has 100 valence electrons. The fourth-order valence-electron chi connectivity index (χ4n) is 2.53. The second-order valence-electron chi connectivity index (χ2n) is 5.83. The summed E-state index contributed by atoms with van der Waals surface area (Å²) in [5.74, 6) is 0.850. The average Bonchev–Trinajstić information content (AvgIpc) is 2.32. The molecule has 0 aliphatic heterocycles. The standard InChI is InChI=1S/C16H25NO/c1-12-7-9-15(10-8-12)16(18)13(2)17(3)11-14-5-4-6-14/h7-10,13-14,16,18H,4-6,11H2,1-3H3. The minimum absolute atomic E-state index is 0.174. The van der Waals surface area contributed by atoms with Crippen LogP contribution >= 0.6 is 0 Å². The molecule has 0 heterocycles. The second-order valence-corrected chi connectivity index (χ2v) is 5.83. The normalized spacial score (nSPS) is 19.6. The van der Waals surface area contributed by atoms with Gasteiger partial charge < -0.3 is 10.0 Å². The quantitative estimate of drug-likeness (QED) is 0.864. The van der Waals surface area contributed by atoms with Crippen LogP contribution < -0.4 is 0 Å². The van der Waals surface area contributed by atoms with E-state index in [9.17, 15) is 5.11 Å². The second kappa shape index (κ2) is 5.85. The lowest BCUT2D eigenvalue weighted by atomic mass is 9.84. The van der Waals surface area contributed by atoms with E-state index < -0.39 is 6.10 Å². The summed E-state index contributed by atoms with van der Waals surface area (Å²) in [6.45, 7) is 5.30. The van der Waals surface area contributed by atoms with Crippen molar-refractivity contribution in [2.45, 2.75) is 45.3 Å². The van der Waals surface area contributed by atoms with Crippen molar-refractivity contribution in [2.24, 2.45) is 5.92 Å². The highest BCUT2D eigenvalue weighted by Gasteiger charge is 2.25. The summed E-state index contributed by atoms with van der Waals surface area (Å²) < 4.78 is 0. The Balaban J connectivity index is 1.93. The van der Waals surface area contributed by atoms with Crippen molar-refractivity contribution in [3.8, 4) is 0 Å². The molecule has 0 aromatic heterocycles. The van der Waals surface area contributed by atoms with Gasteiger partial charge in [0.05, 0.1) is 6.10 Å². The summed E-state index contributed by atoms with van der Waals surface area (Å²) in [6.07, 6.45) is 3.71. The van der Waals surface area contributed by atoms with E-state index in [4.69, 9.17) is 0 Å². The fourth-order valence-corrected chi connectivity index (χ4v) is 2.53. The van der Waals surface area contributed by atoms with Crippen molar-refractivity contribution in [2.75, 3.05) is 13.6 Å². The maximum atomic E-state index is 10.4. The predicted molar refractivity (Wildman–Crippen MR) is 75.6 cm³/mol. The molecule has 1 N–H and O–H groups in total. The van der Waals surface area contributed by atoms with Gasteiger partial charge in [-0.1, -0.05) is 36.2 Å². The van der Waals surface area contributed by atoms with E-state index in [1.54, 1.807) is 0 Å². The molecule has 1 aliphatic carbocycles. The molecule has 0 bridgehead atoms. The van der Waals surface area contributed by atoms with Gasteiger partial charge in [-0.2, -0.15) is 0 Å². The number of aryl methyl sites for hydroxylation is 1. The third kappa shape index (κ3) is 3.12. The first-order chi connectivity index (χ1) is 8.58. The monoisotopic (exact) mass is 247 g/mol. The minimum Gasteiger partial charge on any atom is -0.387 e. The molecule has 2 nitrogen and oxygen atoms in total. The van der Waals surface area contributed by atoms with Crippen LogP contribution in [-0.4, -0.2) is 29.6 Å². The van der Waals surface area contributed by atoms with Gasteiger partial charge >= 0.3 is 0 Å². The lowest BCUT2D eigenvalue weighted by molar-refractivity contribution is 0.0556. The van der Waals surface area contributed by atoms with Crippen molar-refractivity contribution in [3.05, 3.63) is 35.4 Å². The van der Waals surface area contributed by atoms with Gasteiger partial charge in [0.1, 0.15) is 0 Å². The first-order valence-electron chi connectivity index (χ1n) is 7.03. The maximum absolute atomic E-state index is 10.4. The molecule has 2 rings (SSSR count). The zero-order chi connectivity index (χ0) is 13.1. The van der Waals surface area contributed by atoms with E-state index in [-0.39, 0.29) is 6.04 Å². The van der Waals surface area contributed by atoms with Crippen molar-refractivity contribution >= 4 is 0 Å². The van der Waals surface area contributed by atoms with E-state index in [1.807, 2.05) is 12.1 Å². The van der Waals surface area contributed by atoms with Crippen LogP contribution in [0.5, 0.6) is 0 Å². The highest BCUT2D eigenvalue weighted by molar-refractivity contribution is 5.23. The van der Waals surface area contributed by atoms with Crippen LogP contribution in [-0.2, 0) is 0 Å². The molecule has 1 aromatic rings. The molecule has 0 saturated heterocycles. The summed E-state index contributed by atoms with van der Waals surface area (Å²) in [5.41, 5.74) is 2.26. The zero-order valence-corrected chi connectivity index (χ0v) is 11.8. The van der Waals surface area contributed by atoms with Crippen LogP contribution in [0.4, 0.5) is 0 Å². The summed E-state index contributed by atoms with van der Waals surface area (Å²) in [4.78, 5) is 2.30. The lowest BCUT2D eigenvalue weighted by Crippen LogP contribution is -2.39. The van der Waals surface area contributed by atoms with Gasteiger partial charge in [0.2, 0.25) is 0 Å². The Morgan fingerprint density at radius 2 is 1.89 bits per heavy atom. The Labute approximate surface area is 111 Å². The number of nitrogens with zero attached hydrogens (tertiary/aromatic N) is 1. The molecular formula is C16H25NO. The van der Waals surface area contributed by atoms with Gasteiger partial charge in [0.25, 0.3) is 0 Å². The van der Waals surface area contributed by atoms with Gasteiger partial charge in [-0.05, 0) is 45.2 Å². The molecule has 1 aliphatic rings. The smallest absolute Gasteiger partial charge is 0.0942 e. The summed E-state index contributed by atoms with van der Waals surface area (Å²) >= 11 is 0. The summed E-state index contributed by atoms with van der Waals surface area (Å²) in [5, 5.41) is 10.4. The summed E-state index contributed by atoms with van der Waals surface area (Å²) in [7, 11) is 2.13. The predicted octanol–water partition coefficient (Wildman–Crippen LogP) is 3.15. The van der Waals surface area contributed by atoms with Crippen molar-refractivity contribution in [3.63, 3.8) is 0 Å². The molecule has 1 fully saturated rings. The lowest BCUT2D eigenvalue weighted by Gasteiger charge is -2.35. The Kier molecular flexibility index (Phi) is 4.41. The zero-order valence-electron chi connectivity index (χ0n) is 11.8. The van der Waals surface area contributed by atoms with Crippen LogP contribution in [0.15, 0.2) is 24.3 Å². The molecular weight excluding hydrogens is 222 g/mol. The van der Waals surface area contributed by atoms with E-state index in [1.165, 1.54) is 24.8 Å². The Morgan fingerprint density at radius 3 is 2.39 bits per heavy atom. The number of hydrogen-bond donors (Lipinski definition) is 1. The number of likely N-dealkylation sites (N-methyl/N-ethyl adjacent to an activating group) is 1. The van der Waals surface area contributed by atoms with E-state index in [2.05, 4.69) is 37.9 Å². The van der Waals surface area contributed by atoms with Gasteiger partial charge in [-0.15, -0.1) is 0 Å². The van der Waals surface area contributed by atoms with Crippen LogP contribution in [0.2, 0.25) is 0 Å². The summed E-state index contributed by atoms with van der Waals surface area (Å²) in [6, 6.07) is 8.38. The maximum Gasteiger partial charge on any atom is 0.0942 e. The first-order valence-corrected chi connectivity index (χ1v) is 7.03. The van der Waals surface area contributed by atoms with Crippen LogP contribution in [0.3, 0.4) is 0 Å². The number of hydrogen-bond acceptors (Lipinski definition) is 2. The average molecular weight is 247 g/mol. The molecule has 2 unspecified atom stereocenters. The third-order valence-electron chi connectivity index (χ3n) is 4.34. The van der Waals surface area contributed by atoms with Crippen molar-refractivity contribution < 1.29 is 5.11 Å². The number of rotatable bonds is 5. The van der Waals surface area contributed by atoms with Crippen LogP contribution in [0.25, 0.3) is 0 Å². The Morgan fingerprint density at radius 1 is 1.28 bits per heavy atom. The van der Waals surface area contributed by atoms with E-state index in [0.717, 1.165) is 18.0 Å². The molecule has 0 spiro atoms. The van der Waals surface area contributed by atoms with Crippen LogP contribution in [0, 0.1) is 12.8 Å². The third-order valence-corrected chi connectivity index (χ3v) is 4.34. The van der Waals surface area contributed by atoms with Gasteiger partial charge in [0, 0.05) is 12.6 Å². The topological polar surface area (TPSA) is 23.5 Å². The van der Waals surface area contributed by atoms with Crippen molar-refractivity contribution in [1.29, 1.82) is 0 Å². The number of benzene rings is 1. The molecule has 2 heteroatoms. The number of aliphatic hydroxyl groups excluding tert-OH is 1. The molecule has 0 amide bonds. The SMILES string of the molecule is Cc1ccc(C(O)C(C)N(C)CC2CCC2)cc1. The van der Waals surface area contributed by atoms with E-state index >= 15 is 0 Å². The minimum atomic E-state index is -0.393. The molecule has 1 aromatic carbocycles. The first kappa shape index (κ1) is 13.6. The highest BCUT2D eigenvalue weighted by Crippen LogP contribution is 2.29. The molecule has 1 saturated carbocycles. The van der Waals surface area contributed by atoms with Gasteiger partial charge in [-0.25, -0.2) is 0 Å². The Hall–Kier alpha value is -0.860. The highest BCUT2D eigenvalue weighted by atomic mass is 16.3. The Bertz CT molecular complexity index is 369. The van der Waals surface area contributed by atoms with Gasteiger partial charge in [0.15, 0.2) is 0 Å². The fraction of sp³-hybridized carbons (Fsp3) is 0.625. The van der Waals surface area contributed by atoms with Gasteiger partial charge in [-0.3, -0.25) is 0 Å². The molecule has 2 atom stereocenters. The molecule has 18 heavy (non-hydrogen) atoms. The van der Waals surface area contributed by atoms with Crippen LogP contribution in [0.1, 0.15) is 43.4 Å². The van der Waals surface area contributed by atoms with E-state index in [0.29, 0.717) is 0 Å². The molecule has 0 radical (unpaired) electrons. The van der Waals surface area contributed by atoms with Crippen molar-refractivity contribution in [1.82, 2.24) is 4.90 Å².